The number of nitrogen functional groups attached to an aromatic ring is 1. The Labute approximate surface area is 267 Å². The average Bonchev–Trinajstić information content (AvgIpc) is 3.57. The van der Waals surface area contributed by atoms with Crippen molar-refractivity contribution in [2.24, 2.45) is 0 Å². The minimum Gasteiger partial charge on any atom is -0.399 e. The molecule has 0 radical (unpaired) electrons. The van der Waals surface area contributed by atoms with E-state index in [-0.39, 0.29) is 0 Å². The van der Waals surface area contributed by atoms with E-state index in [2.05, 4.69) is 126 Å². The second-order valence-corrected chi connectivity index (χ2v) is 12.6. The summed E-state index contributed by atoms with van der Waals surface area (Å²) in [4.78, 5) is 0. The predicted octanol–water partition coefficient (Wildman–Crippen LogP) is 12.0. The van der Waals surface area contributed by atoms with Crippen molar-refractivity contribution >= 4 is 49.3 Å². The monoisotopic (exact) mass is 591 g/mol. The van der Waals surface area contributed by atoms with Gasteiger partial charge in [0, 0.05) is 62.5 Å². The number of nitrogens with two attached hydrogens (primary N) is 1. The van der Waals surface area contributed by atoms with Crippen molar-refractivity contribution in [3.8, 4) is 22.3 Å². The number of para-hydroxylation sites is 1. The fraction of sp³-hybridized carbons (Fsp3) is 0.286. The largest absolute Gasteiger partial charge is 0.399 e. The molecule has 3 nitrogen and oxygen atoms in total. The van der Waals surface area contributed by atoms with E-state index in [1.807, 2.05) is 0 Å². The molecule has 0 aliphatic heterocycles. The number of fused-ring (bicyclic) bond motifs is 6. The summed E-state index contributed by atoms with van der Waals surface area (Å²) in [6.45, 7) is 6.57. The van der Waals surface area contributed by atoms with Crippen LogP contribution in [0, 0.1) is 0 Å². The third-order valence-electron chi connectivity index (χ3n) is 9.63. The standard InChI is InChI=1S/C42H45N3/c1-3-5-7-17-27-44-35-24-16-15-23-33(35)39-37(30-19-11-9-12-20-30)42-40(38(41(39)44)31-21-13-10-14-22-31)34-29-32(43)25-26-36(34)45(42)28-18-8-6-4-2/h9-16,19-26,29H,3-8,17-18,27-28,43H2,1-2H3. The fourth-order valence-corrected chi connectivity index (χ4v) is 7.57. The Morgan fingerprint density at radius 1 is 0.489 bits per heavy atom. The molecule has 0 saturated carbocycles. The van der Waals surface area contributed by atoms with E-state index in [1.54, 1.807) is 0 Å². The number of hydrogen-bond acceptors (Lipinski definition) is 1. The molecule has 0 atom stereocenters. The van der Waals surface area contributed by atoms with Crippen LogP contribution in [0.3, 0.4) is 0 Å². The van der Waals surface area contributed by atoms with Crippen LogP contribution in [0.4, 0.5) is 5.69 Å². The van der Waals surface area contributed by atoms with Gasteiger partial charge in [-0.15, -0.1) is 0 Å². The van der Waals surface area contributed by atoms with Crippen LogP contribution in [0.15, 0.2) is 103 Å². The smallest absolute Gasteiger partial charge is 0.0585 e. The molecule has 0 aliphatic carbocycles. The van der Waals surface area contributed by atoms with Crippen molar-refractivity contribution in [3.05, 3.63) is 103 Å². The maximum atomic E-state index is 6.59. The van der Waals surface area contributed by atoms with E-state index in [9.17, 15) is 0 Å². The highest BCUT2D eigenvalue weighted by atomic mass is 15.0. The molecule has 228 valence electrons. The van der Waals surface area contributed by atoms with Crippen LogP contribution in [-0.2, 0) is 13.1 Å². The summed E-state index contributed by atoms with van der Waals surface area (Å²) in [6, 6.07) is 37.9. The Hall–Kier alpha value is -4.50. The van der Waals surface area contributed by atoms with Gasteiger partial charge in [-0.25, -0.2) is 0 Å². The maximum absolute atomic E-state index is 6.59. The first-order chi connectivity index (χ1) is 22.2. The van der Waals surface area contributed by atoms with Crippen LogP contribution < -0.4 is 5.73 Å². The fourth-order valence-electron chi connectivity index (χ4n) is 7.57. The van der Waals surface area contributed by atoms with E-state index in [1.165, 1.54) is 111 Å². The third-order valence-corrected chi connectivity index (χ3v) is 9.63. The number of benzene rings is 5. The van der Waals surface area contributed by atoms with Crippen LogP contribution in [0.25, 0.3) is 65.9 Å². The molecular formula is C42H45N3. The number of unbranched alkanes of at least 4 members (excludes halogenated alkanes) is 6. The number of nitrogens with zero attached hydrogens (tertiary/aromatic N) is 2. The predicted molar refractivity (Wildman–Crippen MR) is 196 cm³/mol. The van der Waals surface area contributed by atoms with E-state index in [0.29, 0.717) is 0 Å². The van der Waals surface area contributed by atoms with Crippen molar-refractivity contribution in [2.75, 3.05) is 5.73 Å². The average molecular weight is 592 g/mol. The van der Waals surface area contributed by atoms with Gasteiger partial charge in [-0.1, -0.05) is 131 Å². The number of hydrogen-bond donors (Lipinski definition) is 1. The Balaban J connectivity index is 1.72. The highest BCUT2D eigenvalue weighted by Gasteiger charge is 2.27. The third kappa shape index (κ3) is 5.19. The maximum Gasteiger partial charge on any atom is 0.0585 e. The number of aromatic nitrogens is 2. The van der Waals surface area contributed by atoms with Crippen molar-refractivity contribution in [2.45, 2.75) is 78.3 Å². The number of rotatable bonds is 12. The van der Waals surface area contributed by atoms with E-state index in [4.69, 9.17) is 5.73 Å². The Bertz CT molecular complexity index is 2080. The van der Waals surface area contributed by atoms with Gasteiger partial charge >= 0.3 is 0 Å². The van der Waals surface area contributed by atoms with Crippen molar-refractivity contribution in [3.63, 3.8) is 0 Å². The van der Waals surface area contributed by atoms with Crippen LogP contribution in [0.1, 0.15) is 65.2 Å². The summed E-state index contributed by atoms with van der Waals surface area (Å²) in [5.74, 6) is 0. The van der Waals surface area contributed by atoms with Crippen LogP contribution in [0.2, 0.25) is 0 Å². The molecule has 0 spiro atoms. The van der Waals surface area contributed by atoms with Gasteiger partial charge < -0.3 is 14.9 Å². The first-order valence-corrected chi connectivity index (χ1v) is 17.1. The minimum absolute atomic E-state index is 0.813. The summed E-state index contributed by atoms with van der Waals surface area (Å²) in [6.07, 6.45) is 9.80. The van der Waals surface area contributed by atoms with Gasteiger partial charge in [-0.3, -0.25) is 0 Å². The molecule has 0 saturated heterocycles. The number of anilines is 1. The van der Waals surface area contributed by atoms with Gasteiger partial charge in [0.25, 0.3) is 0 Å². The van der Waals surface area contributed by atoms with Crippen LogP contribution in [0.5, 0.6) is 0 Å². The first kappa shape index (κ1) is 29.2. The highest BCUT2D eigenvalue weighted by molar-refractivity contribution is 6.32. The van der Waals surface area contributed by atoms with Gasteiger partial charge in [-0.05, 0) is 48.2 Å². The second-order valence-electron chi connectivity index (χ2n) is 12.6. The summed E-state index contributed by atoms with van der Waals surface area (Å²) >= 11 is 0. The second kappa shape index (κ2) is 12.9. The quantitative estimate of drug-likeness (QED) is 0.111. The molecular weight excluding hydrogens is 546 g/mol. The lowest BCUT2D eigenvalue weighted by atomic mass is 9.90. The molecule has 7 aromatic rings. The van der Waals surface area contributed by atoms with Crippen molar-refractivity contribution in [1.82, 2.24) is 9.13 Å². The first-order valence-electron chi connectivity index (χ1n) is 17.1. The number of aryl methyl sites for hydroxylation is 2. The Kier molecular flexibility index (Phi) is 8.35. The normalized spacial score (nSPS) is 11.9. The van der Waals surface area contributed by atoms with Gasteiger partial charge in [0.1, 0.15) is 0 Å². The molecule has 0 amide bonds. The minimum atomic E-state index is 0.813. The summed E-state index contributed by atoms with van der Waals surface area (Å²) in [5.41, 5.74) is 17.9. The van der Waals surface area contributed by atoms with Gasteiger partial charge in [-0.2, -0.15) is 0 Å². The molecule has 0 fully saturated rings. The lowest BCUT2D eigenvalue weighted by Gasteiger charge is -2.18. The SMILES string of the molecule is CCCCCCn1c2ccccc2c2c(-c3ccccc3)c3c(c(-c4ccccc4)c21)c1cc(N)ccc1n3CCCCCC. The summed E-state index contributed by atoms with van der Waals surface area (Å²) < 4.78 is 5.27. The van der Waals surface area contributed by atoms with E-state index in [0.717, 1.165) is 25.2 Å². The molecule has 3 heteroatoms. The van der Waals surface area contributed by atoms with Crippen LogP contribution in [-0.4, -0.2) is 9.13 Å². The lowest BCUT2D eigenvalue weighted by Crippen LogP contribution is -2.02. The topological polar surface area (TPSA) is 35.9 Å². The molecule has 5 aromatic carbocycles. The molecule has 0 aliphatic rings. The Morgan fingerprint density at radius 3 is 1.53 bits per heavy atom. The van der Waals surface area contributed by atoms with E-state index >= 15 is 0 Å². The van der Waals surface area contributed by atoms with Crippen LogP contribution >= 0.6 is 0 Å². The molecule has 2 N–H and O–H groups in total. The summed E-state index contributed by atoms with van der Waals surface area (Å²) in [7, 11) is 0. The zero-order valence-corrected chi connectivity index (χ0v) is 26.9. The van der Waals surface area contributed by atoms with Crippen molar-refractivity contribution in [1.29, 1.82) is 0 Å². The zero-order valence-electron chi connectivity index (χ0n) is 26.9. The molecule has 2 aromatic heterocycles. The molecule has 2 heterocycles. The van der Waals surface area contributed by atoms with Crippen molar-refractivity contribution < 1.29 is 0 Å². The Morgan fingerprint density at radius 2 is 0.978 bits per heavy atom. The van der Waals surface area contributed by atoms with Gasteiger partial charge in [0.2, 0.25) is 0 Å². The lowest BCUT2D eigenvalue weighted by molar-refractivity contribution is 0.602. The molecule has 45 heavy (non-hydrogen) atoms. The van der Waals surface area contributed by atoms with E-state index < -0.39 is 0 Å². The van der Waals surface area contributed by atoms with Gasteiger partial charge in [0.15, 0.2) is 0 Å². The molecule has 0 unspecified atom stereocenters. The zero-order chi connectivity index (χ0) is 30.8. The molecule has 7 rings (SSSR count). The van der Waals surface area contributed by atoms with Gasteiger partial charge in [0.05, 0.1) is 11.0 Å². The highest BCUT2D eigenvalue weighted by Crippen LogP contribution is 2.50. The molecule has 0 bridgehead atoms. The summed E-state index contributed by atoms with van der Waals surface area (Å²) in [5, 5.41) is 5.27.